The number of carbonyl (C=O) groups excluding carboxylic acids is 2. The lowest BCUT2D eigenvalue weighted by molar-refractivity contribution is 0.0586. The van der Waals surface area contributed by atoms with E-state index in [9.17, 15) is 9.59 Å². The molecule has 0 unspecified atom stereocenters. The Hall–Kier alpha value is -3.12. The molecule has 0 atom stereocenters. The van der Waals surface area contributed by atoms with Gasteiger partial charge >= 0.3 is 11.9 Å². The van der Waals surface area contributed by atoms with E-state index in [4.69, 9.17) is 9.47 Å². The van der Waals surface area contributed by atoms with Crippen molar-refractivity contribution in [3.63, 3.8) is 0 Å². The number of hydrogen-bond acceptors (Lipinski definition) is 4. The largest absolute Gasteiger partial charge is 0.465 e. The van der Waals surface area contributed by atoms with E-state index in [2.05, 4.69) is 15.9 Å². The Kier molecular flexibility index (Phi) is 4.65. The van der Waals surface area contributed by atoms with E-state index in [0.717, 1.165) is 21.8 Å². The number of aromatic nitrogens is 1. The minimum Gasteiger partial charge on any atom is -0.465 e. The predicted octanol–water partition coefficient (Wildman–Crippen LogP) is 5.12. The molecular weight excluding hydrogens is 422 g/mol. The van der Waals surface area contributed by atoms with Gasteiger partial charge in [-0.05, 0) is 40.2 Å². The summed E-state index contributed by atoms with van der Waals surface area (Å²) in [6.45, 7) is 0. The van der Waals surface area contributed by atoms with E-state index in [-0.39, 0.29) is 0 Å². The highest BCUT2D eigenvalue weighted by molar-refractivity contribution is 9.10. The summed E-state index contributed by atoms with van der Waals surface area (Å²) < 4.78 is 12.3. The zero-order valence-corrected chi connectivity index (χ0v) is 16.8. The van der Waals surface area contributed by atoms with E-state index in [0.29, 0.717) is 21.3 Å². The molecule has 0 spiro atoms. The Morgan fingerprint density at radius 2 is 1.29 bits per heavy atom. The molecule has 0 saturated heterocycles. The second-order valence-electron chi connectivity index (χ2n) is 6.20. The average Bonchev–Trinajstić information content (AvgIpc) is 3.07. The fraction of sp³-hybridized carbons (Fsp3) is 0.0909. The van der Waals surface area contributed by atoms with Gasteiger partial charge in [-0.1, -0.05) is 36.4 Å². The van der Waals surface area contributed by atoms with Crippen molar-refractivity contribution >= 4 is 49.7 Å². The Bertz CT molecular complexity index is 1190. The quantitative estimate of drug-likeness (QED) is 0.417. The van der Waals surface area contributed by atoms with E-state index in [1.54, 1.807) is 12.1 Å². The molecule has 4 aromatic rings. The Balaban J connectivity index is 2.16. The van der Waals surface area contributed by atoms with Crippen LogP contribution in [0.3, 0.4) is 0 Å². The van der Waals surface area contributed by atoms with E-state index in [1.807, 2.05) is 53.1 Å². The molecule has 0 aliphatic heterocycles. The number of nitrogens with zero attached hydrogens (tertiary/aromatic N) is 1. The molecule has 6 heteroatoms. The van der Waals surface area contributed by atoms with Crippen molar-refractivity contribution in [2.45, 2.75) is 0 Å². The lowest BCUT2D eigenvalue weighted by Gasteiger charge is -2.15. The number of halogens is 1. The van der Waals surface area contributed by atoms with Crippen LogP contribution in [0.5, 0.6) is 0 Å². The summed E-state index contributed by atoms with van der Waals surface area (Å²) in [6, 6.07) is 19.1. The third-order valence-corrected chi connectivity index (χ3v) is 5.37. The van der Waals surface area contributed by atoms with Gasteiger partial charge < -0.3 is 14.0 Å². The first kappa shape index (κ1) is 18.3. The van der Waals surface area contributed by atoms with Gasteiger partial charge in [-0.15, -0.1) is 0 Å². The first-order valence-electron chi connectivity index (χ1n) is 8.55. The fourth-order valence-corrected chi connectivity index (χ4v) is 3.97. The highest BCUT2D eigenvalue weighted by atomic mass is 79.9. The lowest BCUT2D eigenvalue weighted by Crippen LogP contribution is -2.11. The topological polar surface area (TPSA) is 57.5 Å². The van der Waals surface area contributed by atoms with Crippen molar-refractivity contribution in [1.82, 2.24) is 4.57 Å². The van der Waals surface area contributed by atoms with Crippen LogP contribution in [-0.4, -0.2) is 30.7 Å². The van der Waals surface area contributed by atoms with Crippen LogP contribution in [0.25, 0.3) is 27.5 Å². The van der Waals surface area contributed by atoms with Gasteiger partial charge in [0.1, 0.15) is 0 Å². The monoisotopic (exact) mass is 437 g/mol. The molecule has 1 aromatic heterocycles. The fourth-order valence-electron chi connectivity index (χ4n) is 3.47. The van der Waals surface area contributed by atoms with Crippen molar-refractivity contribution in [2.75, 3.05) is 14.2 Å². The number of hydrogen-bond donors (Lipinski definition) is 0. The second-order valence-corrected chi connectivity index (χ2v) is 7.06. The Labute approximate surface area is 169 Å². The molecule has 0 bridgehead atoms. The first-order chi connectivity index (χ1) is 13.6. The van der Waals surface area contributed by atoms with Crippen molar-refractivity contribution < 1.29 is 19.1 Å². The minimum atomic E-state index is -0.495. The van der Waals surface area contributed by atoms with Crippen LogP contribution in [0.2, 0.25) is 0 Å². The number of carbonyl (C=O) groups is 2. The zero-order chi connectivity index (χ0) is 19.8. The molecule has 5 nitrogen and oxygen atoms in total. The summed E-state index contributed by atoms with van der Waals surface area (Å²) >= 11 is 3.37. The highest BCUT2D eigenvalue weighted by Gasteiger charge is 2.23. The minimum absolute atomic E-state index is 0.326. The molecule has 0 N–H and O–H groups in total. The predicted molar refractivity (Wildman–Crippen MR) is 111 cm³/mol. The third-order valence-electron chi connectivity index (χ3n) is 4.72. The van der Waals surface area contributed by atoms with E-state index < -0.39 is 11.9 Å². The van der Waals surface area contributed by atoms with Crippen LogP contribution in [-0.2, 0) is 9.47 Å². The number of rotatable bonds is 3. The van der Waals surface area contributed by atoms with E-state index in [1.165, 1.54) is 14.2 Å². The zero-order valence-electron chi connectivity index (χ0n) is 15.2. The maximum absolute atomic E-state index is 12.5. The molecule has 1 heterocycles. The number of benzene rings is 3. The maximum Gasteiger partial charge on any atom is 0.340 e. The third kappa shape index (κ3) is 2.77. The number of fused-ring (bicyclic) bond motifs is 3. The molecule has 0 saturated carbocycles. The van der Waals surface area contributed by atoms with Crippen LogP contribution >= 0.6 is 15.9 Å². The molecule has 0 aliphatic carbocycles. The molecular formula is C22H16BrNO4. The molecule has 4 rings (SSSR count). The maximum atomic E-state index is 12.5. The Morgan fingerprint density at radius 3 is 1.82 bits per heavy atom. The summed E-state index contributed by atoms with van der Waals surface area (Å²) in [4.78, 5) is 24.8. The SMILES string of the molecule is COC(=O)c1cc(-n2c3ccccc3c3ccccc32)c(C(=O)OC)cc1Br. The molecule has 0 radical (unpaired) electrons. The molecule has 0 fully saturated rings. The van der Waals surface area contributed by atoms with Crippen LogP contribution in [0.4, 0.5) is 0 Å². The van der Waals surface area contributed by atoms with Crippen LogP contribution in [0, 0.1) is 0 Å². The van der Waals surface area contributed by atoms with Gasteiger partial charge in [0.05, 0.1) is 42.1 Å². The first-order valence-corrected chi connectivity index (χ1v) is 9.35. The van der Waals surface area contributed by atoms with Crippen molar-refractivity contribution in [2.24, 2.45) is 0 Å². The number of para-hydroxylation sites is 2. The molecule has 28 heavy (non-hydrogen) atoms. The smallest absolute Gasteiger partial charge is 0.340 e. The van der Waals surface area contributed by atoms with Gasteiger partial charge in [0.15, 0.2) is 0 Å². The van der Waals surface area contributed by atoms with Crippen LogP contribution < -0.4 is 0 Å². The average molecular weight is 438 g/mol. The number of methoxy groups -OCH3 is 2. The van der Waals surface area contributed by atoms with Gasteiger partial charge in [0, 0.05) is 15.2 Å². The molecule has 3 aromatic carbocycles. The van der Waals surface area contributed by atoms with Crippen LogP contribution in [0.15, 0.2) is 65.1 Å². The van der Waals surface area contributed by atoms with Gasteiger partial charge in [0.25, 0.3) is 0 Å². The Morgan fingerprint density at radius 1 is 0.786 bits per heavy atom. The number of ether oxygens (including phenoxy) is 2. The second kappa shape index (κ2) is 7.13. The molecule has 0 amide bonds. The summed E-state index contributed by atoms with van der Waals surface area (Å²) in [7, 11) is 2.66. The van der Waals surface area contributed by atoms with Gasteiger partial charge in [-0.25, -0.2) is 9.59 Å². The normalized spacial score (nSPS) is 11.0. The molecule has 0 aliphatic rings. The van der Waals surface area contributed by atoms with Crippen LogP contribution in [0.1, 0.15) is 20.7 Å². The standard InChI is InChI=1S/C22H16BrNO4/c1-27-21(25)15-12-20(16(11-17(15)23)22(26)28-2)24-18-9-5-3-7-13(18)14-8-4-6-10-19(14)24/h3-12H,1-2H3. The van der Waals surface area contributed by atoms with Gasteiger partial charge in [-0.3, -0.25) is 0 Å². The summed E-state index contributed by atoms with van der Waals surface area (Å²) in [5, 5.41) is 2.10. The van der Waals surface area contributed by atoms with Crippen molar-refractivity contribution in [3.8, 4) is 5.69 Å². The summed E-state index contributed by atoms with van der Waals surface area (Å²) in [5.41, 5.74) is 3.06. The van der Waals surface area contributed by atoms with Gasteiger partial charge in [-0.2, -0.15) is 0 Å². The van der Waals surface area contributed by atoms with Gasteiger partial charge in [0.2, 0.25) is 0 Å². The number of esters is 2. The molecule has 140 valence electrons. The highest BCUT2D eigenvalue weighted by Crippen LogP contribution is 2.35. The van der Waals surface area contributed by atoms with Crippen molar-refractivity contribution in [1.29, 1.82) is 0 Å². The van der Waals surface area contributed by atoms with Crippen molar-refractivity contribution in [3.05, 3.63) is 76.3 Å². The van der Waals surface area contributed by atoms with E-state index >= 15 is 0 Å². The lowest BCUT2D eigenvalue weighted by atomic mass is 10.1. The summed E-state index contributed by atoms with van der Waals surface area (Å²) in [6.07, 6.45) is 0. The summed E-state index contributed by atoms with van der Waals surface area (Å²) in [5.74, 6) is -0.987.